The van der Waals surface area contributed by atoms with E-state index in [1.165, 1.54) is 36.2 Å². The highest BCUT2D eigenvalue weighted by atomic mass is 32.1. The average Bonchev–Trinajstić information content (AvgIpc) is 3.28. The highest BCUT2D eigenvalue weighted by molar-refractivity contribution is 7.14. The Kier molecular flexibility index (Phi) is 7.00. The number of Topliss-reactive ketones (excluding diaryl/α,β-unsaturated/α-hetero) is 1. The zero-order chi connectivity index (χ0) is 23.7. The predicted molar refractivity (Wildman–Crippen MR) is 131 cm³/mol. The van der Waals surface area contributed by atoms with E-state index < -0.39 is 17.7 Å². The van der Waals surface area contributed by atoms with Crippen LogP contribution in [0.1, 0.15) is 76.6 Å². The standard InChI is InChI=1S/C26H33N3O3S/c1-16(2)19-8-10-20(11-9-19)22-21(23(30)25-17(3)27-18(4)33-25)24(31)26(32)29(22)15-14-28-12-6-5-7-13-28/h8-11,16,22,31H,5-7,12-15H2,1-4H3. The van der Waals surface area contributed by atoms with Crippen LogP contribution >= 0.6 is 11.3 Å². The Morgan fingerprint density at radius 2 is 1.79 bits per heavy atom. The summed E-state index contributed by atoms with van der Waals surface area (Å²) < 4.78 is 0. The van der Waals surface area contributed by atoms with Crippen molar-refractivity contribution in [2.45, 2.75) is 58.9 Å². The number of aliphatic hydroxyl groups is 1. The van der Waals surface area contributed by atoms with E-state index in [1.807, 2.05) is 31.2 Å². The fourth-order valence-electron chi connectivity index (χ4n) is 4.82. The van der Waals surface area contributed by atoms with E-state index in [4.69, 9.17) is 0 Å². The van der Waals surface area contributed by atoms with Gasteiger partial charge in [-0.1, -0.05) is 44.5 Å². The number of ketones is 1. The van der Waals surface area contributed by atoms with Crippen LogP contribution in [0, 0.1) is 13.8 Å². The molecule has 2 aliphatic rings. The summed E-state index contributed by atoms with van der Waals surface area (Å²) in [6.45, 7) is 11.2. The van der Waals surface area contributed by atoms with Gasteiger partial charge in [-0.15, -0.1) is 11.3 Å². The van der Waals surface area contributed by atoms with E-state index in [1.54, 1.807) is 11.8 Å². The summed E-state index contributed by atoms with van der Waals surface area (Å²) in [7, 11) is 0. The van der Waals surface area contributed by atoms with E-state index in [9.17, 15) is 14.7 Å². The molecule has 0 saturated carbocycles. The van der Waals surface area contributed by atoms with Crippen LogP contribution in [0.4, 0.5) is 0 Å². The van der Waals surface area contributed by atoms with Gasteiger partial charge >= 0.3 is 0 Å². The number of amides is 1. The van der Waals surface area contributed by atoms with Gasteiger partial charge in [0.25, 0.3) is 5.91 Å². The molecule has 1 amide bonds. The maximum absolute atomic E-state index is 13.6. The molecule has 1 aromatic heterocycles. The highest BCUT2D eigenvalue weighted by Crippen LogP contribution is 2.40. The van der Waals surface area contributed by atoms with Gasteiger partial charge in [0, 0.05) is 13.1 Å². The number of piperidine rings is 1. The van der Waals surface area contributed by atoms with Crippen molar-refractivity contribution in [2.75, 3.05) is 26.2 Å². The molecule has 33 heavy (non-hydrogen) atoms. The van der Waals surface area contributed by atoms with Crippen molar-refractivity contribution < 1.29 is 14.7 Å². The minimum Gasteiger partial charge on any atom is -0.503 e. The number of rotatable bonds is 7. The van der Waals surface area contributed by atoms with Crippen LogP contribution in [0.3, 0.4) is 0 Å². The maximum Gasteiger partial charge on any atom is 0.290 e. The van der Waals surface area contributed by atoms with Crippen LogP contribution in [-0.2, 0) is 4.79 Å². The van der Waals surface area contributed by atoms with Crippen molar-refractivity contribution in [1.29, 1.82) is 0 Å². The van der Waals surface area contributed by atoms with E-state index in [0.717, 1.165) is 30.2 Å². The summed E-state index contributed by atoms with van der Waals surface area (Å²) in [5.41, 5.74) is 2.84. The normalized spacial score (nSPS) is 19.7. The van der Waals surface area contributed by atoms with Crippen LogP contribution in [0.5, 0.6) is 0 Å². The number of aliphatic hydroxyl groups excluding tert-OH is 1. The number of nitrogens with zero attached hydrogens (tertiary/aromatic N) is 3. The SMILES string of the molecule is Cc1nc(C)c(C(=O)C2=C(O)C(=O)N(CCN3CCCCC3)C2c2ccc(C(C)C)cc2)s1. The number of likely N-dealkylation sites (tertiary alicyclic amines) is 1. The van der Waals surface area contributed by atoms with Crippen molar-refractivity contribution in [1.82, 2.24) is 14.8 Å². The van der Waals surface area contributed by atoms with Gasteiger partial charge in [0.1, 0.15) is 0 Å². The predicted octanol–water partition coefficient (Wildman–Crippen LogP) is 4.95. The second-order valence-electron chi connectivity index (χ2n) is 9.36. The van der Waals surface area contributed by atoms with Gasteiger partial charge in [0.05, 0.1) is 27.2 Å². The van der Waals surface area contributed by atoms with Crippen molar-refractivity contribution in [3.63, 3.8) is 0 Å². The summed E-state index contributed by atoms with van der Waals surface area (Å²) in [4.78, 5) is 35.7. The fourth-order valence-corrected chi connectivity index (χ4v) is 5.70. The molecule has 1 saturated heterocycles. The first kappa shape index (κ1) is 23.6. The molecule has 7 heteroatoms. The highest BCUT2D eigenvalue weighted by Gasteiger charge is 2.44. The third-order valence-corrected chi connectivity index (χ3v) is 7.75. The molecule has 0 aliphatic carbocycles. The van der Waals surface area contributed by atoms with Gasteiger partial charge < -0.3 is 14.9 Å². The third kappa shape index (κ3) is 4.75. The lowest BCUT2D eigenvalue weighted by Crippen LogP contribution is -2.40. The van der Waals surface area contributed by atoms with E-state index in [2.05, 4.69) is 23.7 Å². The smallest absolute Gasteiger partial charge is 0.290 e. The lowest BCUT2D eigenvalue weighted by molar-refractivity contribution is -0.129. The zero-order valence-electron chi connectivity index (χ0n) is 19.9. The molecule has 176 valence electrons. The lowest BCUT2D eigenvalue weighted by atomic mass is 9.93. The summed E-state index contributed by atoms with van der Waals surface area (Å²) >= 11 is 1.31. The number of hydrogen-bond acceptors (Lipinski definition) is 6. The summed E-state index contributed by atoms with van der Waals surface area (Å²) in [5, 5.41) is 11.7. The number of carbonyl (C=O) groups is 2. The first-order valence-corrected chi connectivity index (χ1v) is 12.6. The lowest BCUT2D eigenvalue weighted by Gasteiger charge is -2.31. The van der Waals surface area contributed by atoms with Crippen molar-refractivity contribution >= 4 is 23.0 Å². The molecule has 0 radical (unpaired) electrons. The summed E-state index contributed by atoms with van der Waals surface area (Å²) in [6, 6.07) is 7.47. The van der Waals surface area contributed by atoms with Crippen LogP contribution in [0.2, 0.25) is 0 Å². The van der Waals surface area contributed by atoms with E-state index in [0.29, 0.717) is 23.0 Å². The molecule has 1 atom stereocenters. The van der Waals surface area contributed by atoms with Gasteiger partial charge in [-0.05, 0) is 56.8 Å². The molecule has 3 heterocycles. The molecular formula is C26H33N3O3S. The van der Waals surface area contributed by atoms with Crippen molar-refractivity contribution in [3.8, 4) is 0 Å². The third-order valence-electron chi connectivity index (χ3n) is 6.68. The van der Waals surface area contributed by atoms with Crippen LogP contribution in [0.25, 0.3) is 0 Å². The number of carbonyl (C=O) groups excluding carboxylic acids is 2. The Hall–Kier alpha value is -2.51. The van der Waals surface area contributed by atoms with E-state index in [-0.39, 0.29) is 11.4 Å². The zero-order valence-corrected chi connectivity index (χ0v) is 20.7. The quantitative estimate of drug-likeness (QED) is 0.584. The number of benzene rings is 1. The minimum atomic E-state index is -0.599. The molecule has 1 N–H and O–H groups in total. The second kappa shape index (κ2) is 9.77. The molecular weight excluding hydrogens is 434 g/mol. The summed E-state index contributed by atoms with van der Waals surface area (Å²) in [5.74, 6) is -0.816. The monoisotopic (exact) mass is 467 g/mol. The topological polar surface area (TPSA) is 73.7 Å². The minimum absolute atomic E-state index is 0.169. The first-order chi connectivity index (χ1) is 15.8. The molecule has 6 nitrogen and oxygen atoms in total. The fraction of sp³-hybridized carbons (Fsp3) is 0.500. The van der Waals surface area contributed by atoms with E-state index >= 15 is 0 Å². The summed E-state index contributed by atoms with van der Waals surface area (Å²) in [6.07, 6.45) is 3.59. The maximum atomic E-state index is 13.6. The Morgan fingerprint density at radius 1 is 1.12 bits per heavy atom. The van der Waals surface area contributed by atoms with Gasteiger partial charge in [-0.25, -0.2) is 4.98 Å². The molecule has 2 aromatic rings. The largest absolute Gasteiger partial charge is 0.503 e. The molecule has 1 fully saturated rings. The number of aryl methyl sites for hydroxylation is 2. The van der Waals surface area contributed by atoms with Gasteiger partial charge in [0.15, 0.2) is 5.76 Å². The van der Waals surface area contributed by atoms with Crippen molar-refractivity contribution in [2.24, 2.45) is 0 Å². The van der Waals surface area contributed by atoms with Gasteiger partial charge in [-0.2, -0.15) is 0 Å². The number of aromatic nitrogens is 1. The Labute approximate surface area is 199 Å². The first-order valence-electron chi connectivity index (χ1n) is 11.8. The van der Waals surface area contributed by atoms with Crippen molar-refractivity contribution in [3.05, 3.63) is 62.3 Å². The number of thiazole rings is 1. The molecule has 1 aromatic carbocycles. The Bertz CT molecular complexity index is 1060. The van der Waals surface area contributed by atoms with Crippen LogP contribution in [0.15, 0.2) is 35.6 Å². The Balaban J connectivity index is 1.70. The average molecular weight is 468 g/mol. The van der Waals surface area contributed by atoms with Crippen LogP contribution < -0.4 is 0 Å². The molecule has 1 unspecified atom stereocenters. The molecule has 2 aliphatic heterocycles. The molecule has 0 spiro atoms. The van der Waals surface area contributed by atoms with Gasteiger partial charge in [-0.3, -0.25) is 9.59 Å². The van der Waals surface area contributed by atoms with Gasteiger partial charge in [0.2, 0.25) is 5.78 Å². The Morgan fingerprint density at radius 3 is 2.36 bits per heavy atom. The van der Waals surface area contributed by atoms with Crippen LogP contribution in [-0.4, -0.2) is 57.8 Å². The second-order valence-corrected chi connectivity index (χ2v) is 10.6. The molecule has 0 bridgehead atoms. The number of hydrogen-bond donors (Lipinski definition) is 1. The molecule has 4 rings (SSSR count).